The Morgan fingerprint density at radius 1 is 0.923 bits per heavy atom. The van der Waals surface area contributed by atoms with Crippen LogP contribution in [0.3, 0.4) is 0 Å². The fraction of sp³-hybridized carbons (Fsp3) is 0.136. The number of aryl methyl sites for hydroxylation is 2. The molecule has 0 fully saturated rings. The third-order valence-electron chi connectivity index (χ3n) is 4.61. The van der Waals surface area contributed by atoms with E-state index in [1.54, 1.807) is 29.2 Å². The maximum absolute atomic E-state index is 14.5. The van der Waals surface area contributed by atoms with Gasteiger partial charge in [-0.1, -0.05) is 36.4 Å². The molecule has 0 saturated carbocycles. The van der Waals surface area contributed by atoms with Crippen molar-refractivity contribution in [1.82, 2.24) is 0 Å². The molecular formula is C22H19FN2O. The summed E-state index contributed by atoms with van der Waals surface area (Å²) in [6, 6.07) is 19.9. The zero-order chi connectivity index (χ0) is 18.3. The summed E-state index contributed by atoms with van der Waals surface area (Å²) in [5.41, 5.74) is 4.60. The van der Waals surface area contributed by atoms with Crippen molar-refractivity contribution < 1.29 is 9.18 Å². The van der Waals surface area contributed by atoms with E-state index < -0.39 is 6.17 Å². The molecule has 1 N–H and O–H groups in total. The van der Waals surface area contributed by atoms with Crippen molar-refractivity contribution in [2.24, 2.45) is 0 Å². The number of carbonyl (C=O) groups excluding carboxylic acids is 1. The molecule has 1 aliphatic heterocycles. The molecule has 1 aliphatic rings. The lowest BCUT2D eigenvalue weighted by atomic mass is 10.0. The molecule has 1 atom stereocenters. The van der Waals surface area contributed by atoms with Gasteiger partial charge in [0.2, 0.25) is 0 Å². The summed E-state index contributed by atoms with van der Waals surface area (Å²) in [6.45, 7) is 3.98. The number of para-hydroxylation sites is 1. The third-order valence-corrected chi connectivity index (χ3v) is 4.61. The first-order valence-electron chi connectivity index (χ1n) is 8.56. The number of fused-ring (bicyclic) bond motifs is 1. The van der Waals surface area contributed by atoms with Gasteiger partial charge < -0.3 is 5.32 Å². The third kappa shape index (κ3) is 2.73. The average Bonchev–Trinajstić information content (AvgIpc) is 2.61. The van der Waals surface area contributed by atoms with Crippen molar-refractivity contribution in [1.29, 1.82) is 0 Å². The van der Waals surface area contributed by atoms with Gasteiger partial charge in [-0.2, -0.15) is 0 Å². The molecule has 3 nitrogen and oxygen atoms in total. The van der Waals surface area contributed by atoms with Crippen LogP contribution in [0.1, 0.15) is 33.2 Å². The molecule has 3 aromatic carbocycles. The van der Waals surface area contributed by atoms with Crippen molar-refractivity contribution in [3.8, 4) is 0 Å². The molecule has 1 amide bonds. The van der Waals surface area contributed by atoms with E-state index in [-0.39, 0.29) is 11.7 Å². The number of hydrogen-bond donors (Lipinski definition) is 1. The fourth-order valence-corrected chi connectivity index (χ4v) is 3.52. The topological polar surface area (TPSA) is 32.3 Å². The van der Waals surface area contributed by atoms with Gasteiger partial charge in [0.05, 0.1) is 5.56 Å². The quantitative estimate of drug-likeness (QED) is 0.690. The largest absolute Gasteiger partial charge is 0.360 e. The van der Waals surface area contributed by atoms with Gasteiger partial charge in [0, 0.05) is 16.9 Å². The molecule has 0 radical (unpaired) electrons. The predicted molar refractivity (Wildman–Crippen MR) is 102 cm³/mol. The Labute approximate surface area is 152 Å². The van der Waals surface area contributed by atoms with Gasteiger partial charge in [-0.05, 0) is 55.3 Å². The number of nitrogens with one attached hydrogen (secondary N) is 1. The van der Waals surface area contributed by atoms with Crippen molar-refractivity contribution in [3.05, 3.63) is 94.8 Å². The van der Waals surface area contributed by atoms with Crippen LogP contribution in [0.15, 0.2) is 66.7 Å². The van der Waals surface area contributed by atoms with Crippen LogP contribution in [0.5, 0.6) is 0 Å². The Balaban J connectivity index is 1.92. The average molecular weight is 346 g/mol. The number of hydrogen-bond acceptors (Lipinski definition) is 2. The highest BCUT2D eigenvalue weighted by Gasteiger charge is 2.35. The molecule has 130 valence electrons. The van der Waals surface area contributed by atoms with Crippen LogP contribution < -0.4 is 10.2 Å². The van der Waals surface area contributed by atoms with Crippen LogP contribution in [0.2, 0.25) is 0 Å². The molecule has 1 heterocycles. The number of rotatable bonds is 2. The fourth-order valence-electron chi connectivity index (χ4n) is 3.52. The second-order valence-corrected chi connectivity index (χ2v) is 6.64. The van der Waals surface area contributed by atoms with Crippen LogP contribution in [0.4, 0.5) is 15.8 Å². The number of anilines is 2. The first-order chi connectivity index (χ1) is 12.5. The second kappa shape index (κ2) is 6.30. The maximum atomic E-state index is 14.5. The van der Waals surface area contributed by atoms with Crippen LogP contribution in [0, 0.1) is 19.7 Å². The van der Waals surface area contributed by atoms with Crippen molar-refractivity contribution in [2.75, 3.05) is 10.2 Å². The molecule has 4 rings (SSSR count). The molecule has 0 aliphatic carbocycles. The Bertz CT molecular complexity index is 979. The van der Waals surface area contributed by atoms with E-state index in [1.807, 2.05) is 44.2 Å². The summed E-state index contributed by atoms with van der Waals surface area (Å²) >= 11 is 0. The Morgan fingerprint density at radius 3 is 2.31 bits per heavy atom. The molecular weight excluding hydrogens is 327 g/mol. The highest BCUT2D eigenvalue weighted by atomic mass is 19.1. The first kappa shape index (κ1) is 16.3. The van der Waals surface area contributed by atoms with Crippen LogP contribution in [-0.2, 0) is 0 Å². The number of carbonyl (C=O) groups is 1. The highest BCUT2D eigenvalue weighted by molar-refractivity contribution is 6.12. The molecule has 0 saturated heterocycles. The molecule has 4 heteroatoms. The Hall–Kier alpha value is -3.14. The molecule has 0 bridgehead atoms. The monoisotopic (exact) mass is 346 g/mol. The van der Waals surface area contributed by atoms with Crippen LogP contribution in [0.25, 0.3) is 0 Å². The molecule has 0 unspecified atom stereocenters. The minimum absolute atomic E-state index is 0.141. The van der Waals surface area contributed by atoms with Crippen molar-refractivity contribution >= 4 is 17.3 Å². The normalized spacial score (nSPS) is 16.2. The SMILES string of the molecule is Cc1cc(C)cc(N2C(=O)c3ccccc3N[C@H]2c2ccccc2F)c1. The lowest BCUT2D eigenvalue weighted by molar-refractivity contribution is 0.0974. The first-order valence-corrected chi connectivity index (χ1v) is 8.56. The summed E-state index contributed by atoms with van der Waals surface area (Å²) in [7, 11) is 0. The van der Waals surface area contributed by atoms with E-state index >= 15 is 0 Å². The minimum atomic E-state index is -0.611. The molecule has 3 aromatic rings. The van der Waals surface area contributed by atoms with E-state index in [2.05, 4.69) is 11.4 Å². The Morgan fingerprint density at radius 2 is 1.58 bits per heavy atom. The van der Waals surface area contributed by atoms with Gasteiger partial charge in [0.25, 0.3) is 5.91 Å². The molecule has 0 spiro atoms. The number of halogens is 1. The van der Waals surface area contributed by atoms with E-state index in [4.69, 9.17) is 0 Å². The van der Waals surface area contributed by atoms with Crippen molar-refractivity contribution in [2.45, 2.75) is 20.0 Å². The number of amides is 1. The lowest BCUT2D eigenvalue weighted by Gasteiger charge is -2.38. The lowest BCUT2D eigenvalue weighted by Crippen LogP contribution is -2.43. The minimum Gasteiger partial charge on any atom is -0.360 e. The van der Waals surface area contributed by atoms with Crippen LogP contribution >= 0.6 is 0 Å². The summed E-state index contributed by atoms with van der Waals surface area (Å²) in [6.07, 6.45) is -0.611. The smallest absolute Gasteiger partial charge is 0.262 e. The van der Waals surface area contributed by atoms with E-state index in [0.29, 0.717) is 16.8 Å². The molecule has 0 aromatic heterocycles. The molecule has 26 heavy (non-hydrogen) atoms. The van der Waals surface area contributed by atoms with Gasteiger partial charge in [0.15, 0.2) is 0 Å². The van der Waals surface area contributed by atoms with E-state index in [9.17, 15) is 9.18 Å². The van der Waals surface area contributed by atoms with E-state index in [1.165, 1.54) is 6.07 Å². The standard InChI is InChI=1S/C22H19FN2O/c1-14-11-15(2)13-16(12-14)25-21(17-7-3-5-9-19(17)23)24-20-10-6-4-8-18(20)22(25)26/h3-13,21,24H,1-2H3/t21-/m1/s1. The zero-order valence-corrected chi connectivity index (χ0v) is 14.7. The predicted octanol–water partition coefficient (Wildman–Crippen LogP) is 5.21. The van der Waals surface area contributed by atoms with Crippen LogP contribution in [-0.4, -0.2) is 5.91 Å². The Kier molecular flexibility index (Phi) is 3.96. The number of benzene rings is 3. The van der Waals surface area contributed by atoms with Gasteiger partial charge in [0.1, 0.15) is 12.0 Å². The summed E-state index contributed by atoms with van der Waals surface area (Å²) < 4.78 is 14.5. The van der Waals surface area contributed by atoms with Crippen molar-refractivity contribution in [3.63, 3.8) is 0 Å². The van der Waals surface area contributed by atoms with Gasteiger partial charge >= 0.3 is 0 Å². The summed E-state index contributed by atoms with van der Waals surface area (Å²) in [5.74, 6) is -0.482. The van der Waals surface area contributed by atoms with E-state index in [0.717, 1.165) is 16.8 Å². The van der Waals surface area contributed by atoms with Gasteiger partial charge in [-0.3, -0.25) is 9.69 Å². The summed E-state index contributed by atoms with van der Waals surface area (Å²) in [4.78, 5) is 14.9. The zero-order valence-electron chi connectivity index (χ0n) is 14.7. The van der Waals surface area contributed by atoms with Gasteiger partial charge in [-0.15, -0.1) is 0 Å². The van der Waals surface area contributed by atoms with Gasteiger partial charge in [-0.25, -0.2) is 4.39 Å². The highest BCUT2D eigenvalue weighted by Crippen LogP contribution is 2.37. The second-order valence-electron chi connectivity index (χ2n) is 6.64. The number of nitrogens with zero attached hydrogens (tertiary/aromatic N) is 1. The summed E-state index contributed by atoms with van der Waals surface area (Å²) in [5, 5.41) is 3.34. The maximum Gasteiger partial charge on any atom is 0.262 e.